The third kappa shape index (κ3) is 4.74. The van der Waals surface area contributed by atoms with E-state index in [-0.39, 0.29) is 17.9 Å². The molecular weight excluding hydrogens is 516 g/mol. The van der Waals surface area contributed by atoms with E-state index in [9.17, 15) is 13.5 Å². The van der Waals surface area contributed by atoms with Crippen molar-refractivity contribution < 1.29 is 13.5 Å². The van der Waals surface area contributed by atoms with Gasteiger partial charge in [0.05, 0.1) is 59.0 Å². The maximum absolute atomic E-state index is 12.5. The molecule has 0 saturated heterocycles. The van der Waals surface area contributed by atoms with Crippen LogP contribution in [-0.2, 0) is 23.0 Å². The van der Waals surface area contributed by atoms with Crippen LogP contribution < -0.4 is 0 Å². The van der Waals surface area contributed by atoms with Crippen molar-refractivity contribution >= 4 is 20.9 Å². The van der Waals surface area contributed by atoms with Crippen LogP contribution in [0.3, 0.4) is 0 Å². The number of aliphatic hydroxyl groups excluding tert-OH is 1. The molecule has 1 N–H and O–H groups in total. The molecule has 11 nitrogen and oxygen atoms in total. The predicted octanol–water partition coefficient (Wildman–Crippen LogP) is 3.37. The molecule has 0 aromatic carbocycles. The molecular formula is C27H30N8O3S. The van der Waals surface area contributed by atoms with Gasteiger partial charge >= 0.3 is 0 Å². The summed E-state index contributed by atoms with van der Waals surface area (Å²) >= 11 is 0. The van der Waals surface area contributed by atoms with Gasteiger partial charge in [0.1, 0.15) is 0 Å². The summed E-state index contributed by atoms with van der Waals surface area (Å²) in [4.78, 5) is 13.8. The molecule has 0 aliphatic heterocycles. The smallest absolute Gasteiger partial charge is 0.256 e. The summed E-state index contributed by atoms with van der Waals surface area (Å²) in [5.74, 6) is 0.422. The summed E-state index contributed by atoms with van der Waals surface area (Å²) in [6, 6.07) is 6.18. The SMILES string of the molecule is Cc1cc(-c2cn(C(C)C)c3cc(Cc4ccnc(-c5cnn(S(=O)(=O)C6CC6)c5)n4)ncc23)n(CCO)n1. The highest BCUT2D eigenvalue weighted by atomic mass is 32.2. The van der Waals surface area contributed by atoms with Crippen molar-refractivity contribution in [3.8, 4) is 22.6 Å². The average molecular weight is 547 g/mol. The Morgan fingerprint density at radius 1 is 1.10 bits per heavy atom. The highest BCUT2D eigenvalue weighted by molar-refractivity contribution is 7.90. The third-order valence-corrected chi connectivity index (χ3v) is 8.96. The molecule has 1 fully saturated rings. The van der Waals surface area contributed by atoms with E-state index in [0.717, 1.165) is 43.3 Å². The molecule has 5 aromatic heterocycles. The molecule has 1 aliphatic rings. The minimum atomic E-state index is -3.45. The van der Waals surface area contributed by atoms with E-state index in [1.165, 1.54) is 12.4 Å². The molecule has 0 spiro atoms. The number of fused-ring (bicyclic) bond motifs is 1. The van der Waals surface area contributed by atoms with Crippen LogP contribution in [0.15, 0.2) is 49.2 Å². The number of hydrogen-bond donors (Lipinski definition) is 1. The van der Waals surface area contributed by atoms with Crippen LogP contribution in [0, 0.1) is 6.92 Å². The quantitative estimate of drug-likeness (QED) is 0.297. The van der Waals surface area contributed by atoms with E-state index in [0.29, 0.717) is 37.2 Å². The van der Waals surface area contributed by atoms with Gasteiger partial charge in [-0.05, 0) is 51.8 Å². The van der Waals surface area contributed by atoms with Crippen LogP contribution in [0.4, 0.5) is 0 Å². The van der Waals surface area contributed by atoms with Crippen molar-refractivity contribution in [3.63, 3.8) is 0 Å². The van der Waals surface area contributed by atoms with Gasteiger partial charge in [-0.3, -0.25) is 9.67 Å². The summed E-state index contributed by atoms with van der Waals surface area (Å²) in [5.41, 5.74) is 6.09. The topological polar surface area (TPSA) is 134 Å². The highest BCUT2D eigenvalue weighted by Gasteiger charge is 2.37. The predicted molar refractivity (Wildman–Crippen MR) is 147 cm³/mol. The van der Waals surface area contributed by atoms with Gasteiger partial charge in [-0.2, -0.15) is 14.3 Å². The van der Waals surface area contributed by atoms with Crippen molar-refractivity contribution in [2.75, 3.05) is 6.61 Å². The Kier molecular flexibility index (Phi) is 6.31. The van der Waals surface area contributed by atoms with Gasteiger partial charge in [-0.1, -0.05) is 0 Å². The molecule has 1 aliphatic carbocycles. The summed E-state index contributed by atoms with van der Waals surface area (Å²) < 4.78 is 30.1. The van der Waals surface area contributed by atoms with Crippen LogP contribution in [0.2, 0.25) is 0 Å². The average Bonchev–Trinajstić information content (AvgIpc) is 3.37. The maximum atomic E-state index is 12.5. The Morgan fingerprint density at radius 3 is 2.67 bits per heavy atom. The van der Waals surface area contributed by atoms with Gasteiger partial charge in [0, 0.05) is 47.7 Å². The number of aromatic nitrogens is 8. The zero-order chi connectivity index (χ0) is 27.3. The zero-order valence-corrected chi connectivity index (χ0v) is 22.9. The molecule has 12 heteroatoms. The number of aryl methyl sites for hydroxylation is 1. The first-order valence-corrected chi connectivity index (χ1v) is 14.5. The molecule has 0 atom stereocenters. The fourth-order valence-electron chi connectivity index (χ4n) is 4.84. The number of aliphatic hydroxyl groups is 1. The number of hydrogen-bond acceptors (Lipinski definition) is 8. The lowest BCUT2D eigenvalue weighted by Crippen LogP contribution is -2.17. The molecule has 5 heterocycles. The fourth-order valence-corrected chi connectivity index (χ4v) is 6.31. The summed E-state index contributed by atoms with van der Waals surface area (Å²) in [5, 5.41) is 18.8. The standard InChI is InChI=1S/C27H30N8O3S/c1-17(2)33-16-24(26-10-18(3)32-34(26)8-9-36)23-14-29-21(12-25(23)33)11-20-6-7-28-27(31-20)19-13-30-35(15-19)39(37,38)22-4-5-22/h6-7,10,12-17,22,36H,4-5,8-9,11H2,1-3H3. The Morgan fingerprint density at radius 2 is 1.92 bits per heavy atom. The zero-order valence-electron chi connectivity index (χ0n) is 22.1. The molecule has 1 saturated carbocycles. The molecule has 202 valence electrons. The highest BCUT2D eigenvalue weighted by Crippen LogP contribution is 2.34. The van der Waals surface area contributed by atoms with Crippen molar-refractivity contribution in [2.24, 2.45) is 0 Å². The number of pyridine rings is 1. The van der Waals surface area contributed by atoms with E-state index >= 15 is 0 Å². The monoisotopic (exact) mass is 546 g/mol. The van der Waals surface area contributed by atoms with E-state index in [1.54, 1.807) is 6.20 Å². The third-order valence-electron chi connectivity index (χ3n) is 6.92. The Balaban J connectivity index is 1.32. The van der Waals surface area contributed by atoms with E-state index < -0.39 is 10.0 Å². The molecule has 5 aromatic rings. The Labute approximate surface area is 226 Å². The second kappa shape index (κ2) is 9.69. The summed E-state index contributed by atoms with van der Waals surface area (Å²) in [6.45, 7) is 6.66. The minimum Gasteiger partial charge on any atom is -0.394 e. The van der Waals surface area contributed by atoms with Gasteiger partial charge < -0.3 is 9.67 Å². The van der Waals surface area contributed by atoms with E-state index in [1.807, 2.05) is 29.9 Å². The minimum absolute atomic E-state index is 0.0113. The van der Waals surface area contributed by atoms with Crippen molar-refractivity contribution in [1.82, 2.24) is 38.5 Å². The fraction of sp³-hybridized carbons (Fsp3) is 0.370. The van der Waals surface area contributed by atoms with Crippen molar-refractivity contribution in [3.05, 3.63) is 66.3 Å². The molecule has 0 radical (unpaired) electrons. The van der Waals surface area contributed by atoms with Gasteiger partial charge in [0.15, 0.2) is 5.82 Å². The lowest BCUT2D eigenvalue weighted by Gasteiger charge is -2.10. The Hall–Kier alpha value is -3.90. The first kappa shape index (κ1) is 25.4. The first-order valence-electron chi connectivity index (χ1n) is 13.0. The second-order valence-corrected chi connectivity index (χ2v) is 12.3. The van der Waals surface area contributed by atoms with Crippen molar-refractivity contribution in [1.29, 1.82) is 0 Å². The maximum Gasteiger partial charge on any atom is 0.256 e. The van der Waals surface area contributed by atoms with Gasteiger partial charge in [0.25, 0.3) is 10.0 Å². The van der Waals surface area contributed by atoms with E-state index in [2.05, 4.69) is 50.8 Å². The normalized spacial score (nSPS) is 14.1. The van der Waals surface area contributed by atoms with Gasteiger partial charge in [-0.25, -0.2) is 18.4 Å². The van der Waals surface area contributed by atoms with Crippen LogP contribution in [0.25, 0.3) is 33.5 Å². The lowest BCUT2D eigenvalue weighted by molar-refractivity contribution is 0.270. The molecule has 0 unspecified atom stereocenters. The lowest BCUT2D eigenvalue weighted by atomic mass is 10.1. The van der Waals surface area contributed by atoms with Gasteiger partial charge in [-0.15, -0.1) is 0 Å². The van der Waals surface area contributed by atoms with Crippen LogP contribution in [-0.4, -0.2) is 63.9 Å². The van der Waals surface area contributed by atoms with E-state index in [4.69, 9.17) is 4.98 Å². The van der Waals surface area contributed by atoms with Gasteiger partial charge in [0.2, 0.25) is 0 Å². The number of rotatable bonds is 9. The summed E-state index contributed by atoms with van der Waals surface area (Å²) in [7, 11) is -3.45. The molecule has 39 heavy (non-hydrogen) atoms. The van der Waals surface area contributed by atoms with Crippen LogP contribution in [0.5, 0.6) is 0 Å². The summed E-state index contributed by atoms with van der Waals surface area (Å²) in [6.07, 6.45) is 10.5. The number of nitrogens with zero attached hydrogens (tertiary/aromatic N) is 8. The van der Waals surface area contributed by atoms with Crippen LogP contribution in [0.1, 0.15) is 49.8 Å². The largest absolute Gasteiger partial charge is 0.394 e. The Bertz CT molecular complexity index is 1780. The molecule has 0 bridgehead atoms. The van der Waals surface area contributed by atoms with Crippen LogP contribution >= 0.6 is 0 Å². The molecule has 0 amide bonds. The first-order chi connectivity index (χ1) is 18.7. The van der Waals surface area contributed by atoms with Crippen molar-refractivity contribution in [2.45, 2.75) is 57.9 Å². The second-order valence-electron chi connectivity index (χ2n) is 10.2. The molecule has 6 rings (SSSR count).